The topological polar surface area (TPSA) is 98.1 Å². The second kappa shape index (κ2) is 10.6. The van der Waals surface area contributed by atoms with Crippen LogP contribution in [0, 0.1) is 12.7 Å². The van der Waals surface area contributed by atoms with E-state index in [4.69, 9.17) is 16.3 Å². The zero-order valence-electron chi connectivity index (χ0n) is 20.3. The van der Waals surface area contributed by atoms with Crippen molar-refractivity contribution in [3.05, 3.63) is 76.7 Å². The fraction of sp³-hybridized carbons (Fsp3) is 0.240. The number of anilines is 2. The molecule has 0 atom stereocenters. The van der Waals surface area contributed by atoms with E-state index in [1.165, 1.54) is 37.6 Å². The number of halogens is 5. The van der Waals surface area contributed by atoms with Gasteiger partial charge in [-0.05, 0) is 37.3 Å². The van der Waals surface area contributed by atoms with Crippen molar-refractivity contribution in [1.82, 2.24) is 29.6 Å². The second-order valence-electron chi connectivity index (χ2n) is 8.63. The molecule has 3 aromatic heterocycles. The summed E-state index contributed by atoms with van der Waals surface area (Å²) in [4.78, 5) is 27.5. The third-order valence-electron chi connectivity index (χ3n) is 5.92. The molecule has 1 saturated heterocycles. The minimum Gasteiger partial charge on any atom is -0.378 e. The summed E-state index contributed by atoms with van der Waals surface area (Å²) in [5.41, 5.74) is 0.376. The molecule has 4 aromatic rings. The second-order valence-corrected chi connectivity index (χ2v) is 9.04. The summed E-state index contributed by atoms with van der Waals surface area (Å²) in [5, 5.41) is 6.46. The summed E-state index contributed by atoms with van der Waals surface area (Å²) >= 11 is 5.85. The largest absolute Gasteiger partial charge is 0.435 e. The van der Waals surface area contributed by atoms with Crippen molar-refractivity contribution in [2.45, 2.75) is 13.1 Å². The Labute approximate surface area is 224 Å². The summed E-state index contributed by atoms with van der Waals surface area (Å²) < 4.78 is 60.3. The van der Waals surface area contributed by atoms with Gasteiger partial charge in [0.25, 0.3) is 5.91 Å². The van der Waals surface area contributed by atoms with Gasteiger partial charge in [-0.3, -0.25) is 9.78 Å². The fourth-order valence-corrected chi connectivity index (χ4v) is 4.16. The van der Waals surface area contributed by atoms with Crippen molar-refractivity contribution in [3.8, 4) is 16.9 Å². The molecule has 5 rings (SSSR count). The molecular formula is C25H20ClF4N7O2. The standard InChI is InChI=1S/C25H20ClF4N7O2/c1-14-8-21(25(28,29)30)35-37(14)22-18(13-32-24(34-22)33-17-2-3-20(27)19(26)10-17)15-9-16(12-31-11-15)23(38)36-4-6-39-7-5-36/h2-3,8-13H,4-7H2,1H3,(H,32,33,34). The average molecular weight is 562 g/mol. The Balaban J connectivity index is 1.58. The molecule has 39 heavy (non-hydrogen) atoms. The van der Waals surface area contributed by atoms with Crippen LogP contribution in [0.3, 0.4) is 0 Å². The van der Waals surface area contributed by atoms with Crippen LogP contribution >= 0.6 is 11.6 Å². The molecule has 0 spiro atoms. The lowest BCUT2D eigenvalue weighted by Gasteiger charge is -2.26. The lowest BCUT2D eigenvalue weighted by atomic mass is 10.1. The van der Waals surface area contributed by atoms with E-state index in [0.717, 1.165) is 16.8 Å². The van der Waals surface area contributed by atoms with Crippen molar-refractivity contribution < 1.29 is 27.1 Å². The minimum atomic E-state index is -4.68. The number of benzene rings is 1. The Hall–Kier alpha value is -4.10. The lowest BCUT2D eigenvalue weighted by molar-refractivity contribution is -0.141. The number of aryl methyl sites for hydroxylation is 1. The van der Waals surface area contributed by atoms with Crippen molar-refractivity contribution in [3.63, 3.8) is 0 Å². The van der Waals surface area contributed by atoms with Crippen molar-refractivity contribution in [2.75, 3.05) is 31.6 Å². The van der Waals surface area contributed by atoms with Crippen molar-refractivity contribution in [2.24, 2.45) is 0 Å². The molecule has 1 aromatic carbocycles. The van der Waals surface area contributed by atoms with Gasteiger partial charge in [-0.2, -0.15) is 23.3 Å². The summed E-state index contributed by atoms with van der Waals surface area (Å²) in [6, 6.07) is 6.34. The number of hydrogen-bond donors (Lipinski definition) is 1. The number of alkyl halides is 3. The number of nitrogens with zero attached hydrogens (tertiary/aromatic N) is 6. The molecule has 0 bridgehead atoms. The van der Waals surface area contributed by atoms with Crippen LogP contribution < -0.4 is 5.32 Å². The van der Waals surface area contributed by atoms with Gasteiger partial charge in [0.2, 0.25) is 5.95 Å². The van der Waals surface area contributed by atoms with Gasteiger partial charge in [-0.25, -0.2) is 14.1 Å². The number of ether oxygens (including phenoxy) is 1. The molecule has 0 aliphatic carbocycles. The highest BCUT2D eigenvalue weighted by molar-refractivity contribution is 6.31. The zero-order valence-corrected chi connectivity index (χ0v) is 21.1. The van der Waals surface area contributed by atoms with Gasteiger partial charge in [0.1, 0.15) is 5.82 Å². The van der Waals surface area contributed by atoms with Gasteiger partial charge >= 0.3 is 6.18 Å². The number of hydrogen-bond acceptors (Lipinski definition) is 7. The van der Waals surface area contributed by atoms with Crippen LogP contribution in [-0.2, 0) is 10.9 Å². The van der Waals surface area contributed by atoms with E-state index in [0.29, 0.717) is 37.6 Å². The average Bonchev–Trinajstić information content (AvgIpc) is 3.33. The highest BCUT2D eigenvalue weighted by atomic mass is 35.5. The van der Waals surface area contributed by atoms with Crippen molar-refractivity contribution >= 4 is 29.1 Å². The molecule has 1 amide bonds. The number of carbonyl (C=O) groups excluding carboxylic acids is 1. The number of morpholine rings is 1. The predicted octanol–water partition coefficient (Wildman–Crippen LogP) is 5.06. The van der Waals surface area contributed by atoms with E-state index in [1.807, 2.05) is 0 Å². The molecule has 0 saturated carbocycles. The third kappa shape index (κ3) is 5.68. The Bertz CT molecular complexity index is 1540. The maximum atomic E-state index is 13.6. The Morgan fingerprint density at radius 2 is 1.87 bits per heavy atom. The molecule has 14 heteroatoms. The lowest BCUT2D eigenvalue weighted by Crippen LogP contribution is -2.40. The van der Waals surface area contributed by atoms with Crippen LogP contribution in [0.5, 0.6) is 0 Å². The molecular weight excluding hydrogens is 542 g/mol. The third-order valence-corrected chi connectivity index (χ3v) is 6.21. The molecule has 0 unspecified atom stereocenters. The smallest absolute Gasteiger partial charge is 0.378 e. The first kappa shape index (κ1) is 26.5. The molecule has 4 heterocycles. The number of nitrogens with one attached hydrogen (secondary N) is 1. The van der Waals surface area contributed by atoms with Crippen LogP contribution in [-0.4, -0.2) is 61.8 Å². The van der Waals surface area contributed by atoms with E-state index in [9.17, 15) is 22.4 Å². The first-order valence-electron chi connectivity index (χ1n) is 11.7. The minimum absolute atomic E-state index is 0.00600. The highest BCUT2D eigenvalue weighted by Gasteiger charge is 2.35. The highest BCUT2D eigenvalue weighted by Crippen LogP contribution is 2.32. The quantitative estimate of drug-likeness (QED) is 0.340. The van der Waals surface area contributed by atoms with E-state index >= 15 is 0 Å². The first-order chi connectivity index (χ1) is 18.6. The maximum Gasteiger partial charge on any atom is 0.435 e. The van der Waals surface area contributed by atoms with Crippen molar-refractivity contribution in [1.29, 1.82) is 0 Å². The SMILES string of the molecule is Cc1cc(C(F)(F)F)nn1-c1nc(Nc2ccc(F)c(Cl)c2)ncc1-c1cncc(C(=O)N2CCOCC2)c1. The van der Waals surface area contributed by atoms with Crippen LogP contribution in [0.4, 0.5) is 29.2 Å². The van der Waals surface area contributed by atoms with Crippen LogP contribution in [0.2, 0.25) is 5.02 Å². The monoisotopic (exact) mass is 561 g/mol. The number of rotatable bonds is 5. The van der Waals surface area contributed by atoms with E-state index < -0.39 is 17.7 Å². The summed E-state index contributed by atoms with van der Waals surface area (Å²) in [6.45, 7) is 3.16. The van der Waals surface area contributed by atoms with Gasteiger partial charge < -0.3 is 15.0 Å². The van der Waals surface area contributed by atoms with E-state index in [-0.39, 0.29) is 39.5 Å². The van der Waals surface area contributed by atoms with E-state index in [1.54, 1.807) is 11.0 Å². The number of pyridine rings is 1. The fourth-order valence-electron chi connectivity index (χ4n) is 3.98. The van der Waals surface area contributed by atoms with Gasteiger partial charge in [-0.15, -0.1) is 0 Å². The summed E-state index contributed by atoms with van der Waals surface area (Å²) in [6.07, 6.45) is -0.434. The van der Waals surface area contributed by atoms with Gasteiger partial charge in [0, 0.05) is 54.2 Å². The molecule has 9 nitrogen and oxygen atoms in total. The molecule has 1 aliphatic rings. The number of aromatic nitrogens is 5. The molecule has 202 valence electrons. The molecule has 1 fully saturated rings. The van der Waals surface area contributed by atoms with Crippen LogP contribution in [0.1, 0.15) is 21.7 Å². The van der Waals surface area contributed by atoms with Crippen LogP contribution in [0.15, 0.2) is 48.9 Å². The Morgan fingerprint density at radius 1 is 1.10 bits per heavy atom. The summed E-state index contributed by atoms with van der Waals surface area (Å²) in [5.74, 6) is -0.874. The normalized spacial score (nSPS) is 13.9. The Kier molecular flexibility index (Phi) is 7.19. The first-order valence-corrected chi connectivity index (χ1v) is 12.0. The van der Waals surface area contributed by atoms with Crippen LogP contribution in [0.25, 0.3) is 16.9 Å². The van der Waals surface area contributed by atoms with Gasteiger partial charge in [0.05, 0.1) is 23.8 Å². The molecule has 1 N–H and O–H groups in total. The maximum absolute atomic E-state index is 13.6. The summed E-state index contributed by atoms with van der Waals surface area (Å²) in [7, 11) is 0. The zero-order chi connectivity index (χ0) is 27.7. The Morgan fingerprint density at radius 3 is 2.56 bits per heavy atom. The van der Waals surface area contributed by atoms with Gasteiger partial charge in [-0.1, -0.05) is 11.6 Å². The number of amides is 1. The molecule has 1 aliphatic heterocycles. The van der Waals surface area contributed by atoms with Gasteiger partial charge in [0.15, 0.2) is 11.5 Å². The predicted molar refractivity (Wildman–Crippen MR) is 134 cm³/mol. The van der Waals surface area contributed by atoms with E-state index in [2.05, 4.69) is 25.4 Å². The number of carbonyl (C=O) groups is 1. The molecule has 0 radical (unpaired) electrons.